The van der Waals surface area contributed by atoms with Crippen molar-refractivity contribution >= 4 is 0 Å². The second kappa shape index (κ2) is 7.84. The van der Waals surface area contributed by atoms with Crippen molar-refractivity contribution in [2.24, 2.45) is 0 Å². The van der Waals surface area contributed by atoms with E-state index in [-0.39, 0.29) is 13.2 Å². The van der Waals surface area contributed by atoms with E-state index in [1.807, 2.05) is 60.7 Å². The molecule has 2 heterocycles. The molecule has 2 aliphatic heterocycles. The summed E-state index contributed by atoms with van der Waals surface area (Å²) in [7, 11) is 0. The zero-order valence-corrected chi connectivity index (χ0v) is 14.2. The second-order valence-corrected chi connectivity index (χ2v) is 6.49. The Kier molecular flexibility index (Phi) is 5.31. The Morgan fingerprint density at radius 3 is 1.92 bits per heavy atom. The number of rotatable bonds is 4. The van der Waals surface area contributed by atoms with Crippen LogP contribution in [-0.2, 0) is 18.9 Å². The SMILES string of the molecule is O[C@@H]([C@@H]1OC(c2ccccc2)OC[C@@H]1O)[C@H]1COC(c2ccccc2)O1. The predicted octanol–water partition coefficient (Wildman–Crippen LogP) is 1.94. The summed E-state index contributed by atoms with van der Waals surface area (Å²) >= 11 is 0. The van der Waals surface area contributed by atoms with Crippen LogP contribution in [0.1, 0.15) is 23.7 Å². The Morgan fingerprint density at radius 1 is 0.769 bits per heavy atom. The summed E-state index contributed by atoms with van der Waals surface area (Å²) in [6.45, 7) is 0.307. The second-order valence-electron chi connectivity index (χ2n) is 6.49. The van der Waals surface area contributed by atoms with Crippen molar-refractivity contribution in [1.82, 2.24) is 0 Å². The standard InChI is InChI=1S/C20H22O6/c21-15-11-23-20(14-9-5-2-6-10-14)26-18(15)17(22)16-12-24-19(25-16)13-7-3-1-4-8-13/h1-10,15-22H,11-12H2/t15-,16+,17+,18+,19?,20?/m0/s1. The first-order chi connectivity index (χ1) is 12.7. The quantitative estimate of drug-likeness (QED) is 0.870. The third kappa shape index (κ3) is 3.66. The van der Waals surface area contributed by atoms with E-state index in [2.05, 4.69) is 0 Å². The number of benzene rings is 2. The molecule has 6 atom stereocenters. The normalized spacial score (nSPS) is 33.1. The number of hydrogen-bond donors (Lipinski definition) is 2. The lowest BCUT2D eigenvalue weighted by molar-refractivity contribution is -0.283. The molecular weight excluding hydrogens is 336 g/mol. The molecule has 2 saturated heterocycles. The van der Waals surface area contributed by atoms with E-state index in [0.717, 1.165) is 11.1 Å². The fourth-order valence-corrected chi connectivity index (χ4v) is 3.24. The van der Waals surface area contributed by atoms with Crippen molar-refractivity contribution in [2.75, 3.05) is 13.2 Å². The molecule has 0 spiro atoms. The molecule has 2 aromatic carbocycles. The molecule has 26 heavy (non-hydrogen) atoms. The van der Waals surface area contributed by atoms with E-state index in [4.69, 9.17) is 18.9 Å². The monoisotopic (exact) mass is 358 g/mol. The maximum atomic E-state index is 10.7. The van der Waals surface area contributed by atoms with Gasteiger partial charge in [-0.1, -0.05) is 60.7 Å². The van der Waals surface area contributed by atoms with Gasteiger partial charge in [0.15, 0.2) is 12.6 Å². The maximum absolute atomic E-state index is 10.7. The van der Waals surface area contributed by atoms with Crippen molar-refractivity contribution in [3.8, 4) is 0 Å². The molecule has 0 radical (unpaired) electrons. The summed E-state index contributed by atoms with van der Waals surface area (Å²) in [6, 6.07) is 19.0. The first-order valence-corrected chi connectivity index (χ1v) is 8.72. The Morgan fingerprint density at radius 2 is 1.31 bits per heavy atom. The summed E-state index contributed by atoms with van der Waals surface area (Å²) in [4.78, 5) is 0. The Hall–Kier alpha value is -1.80. The first kappa shape index (κ1) is 17.6. The molecule has 6 nitrogen and oxygen atoms in total. The van der Waals surface area contributed by atoms with E-state index in [0.29, 0.717) is 0 Å². The lowest BCUT2D eigenvalue weighted by Gasteiger charge is -2.37. The fraction of sp³-hybridized carbons (Fsp3) is 0.400. The lowest BCUT2D eigenvalue weighted by Crippen LogP contribution is -2.52. The number of aliphatic hydroxyl groups is 2. The highest BCUT2D eigenvalue weighted by molar-refractivity contribution is 5.17. The van der Waals surface area contributed by atoms with Crippen molar-refractivity contribution in [2.45, 2.75) is 37.0 Å². The molecule has 4 rings (SSSR count). The first-order valence-electron chi connectivity index (χ1n) is 8.72. The van der Waals surface area contributed by atoms with Crippen molar-refractivity contribution in [3.05, 3.63) is 71.8 Å². The fourth-order valence-electron chi connectivity index (χ4n) is 3.24. The van der Waals surface area contributed by atoms with Gasteiger partial charge in [-0.25, -0.2) is 0 Å². The van der Waals surface area contributed by atoms with Crippen LogP contribution in [-0.4, -0.2) is 47.8 Å². The topological polar surface area (TPSA) is 77.4 Å². The van der Waals surface area contributed by atoms with E-state index < -0.39 is 37.0 Å². The highest BCUT2D eigenvalue weighted by Gasteiger charge is 2.43. The average Bonchev–Trinajstić information content (AvgIpc) is 3.19. The number of ether oxygens (including phenoxy) is 4. The Labute approximate surface area is 151 Å². The molecule has 2 aromatic rings. The maximum Gasteiger partial charge on any atom is 0.184 e. The van der Waals surface area contributed by atoms with Crippen molar-refractivity contribution in [1.29, 1.82) is 0 Å². The van der Waals surface area contributed by atoms with Gasteiger partial charge in [-0.3, -0.25) is 0 Å². The average molecular weight is 358 g/mol. The van der Waals surface area contributed by atoms with Gasteiger partial charge in [0, 0.05) is 11.1 Å². The highest BCUT2D eigenvalue weighted by Crippen LogP contribution is 2.33. The third-order valence-electron chi connectivity index (χ3n) is 4.65. The summed E-state index contributed by atoms with van der Waals surface area (Å²) in [5, 5.41) is 21.0. The van der Waals surface area contributed by atoms with Gasteiger partial charge in [0.2, 0.25) is 0 Å². The zero-order chi connectivity index (χ0) is 17.9. The van der Waals surface area contributed by atoms with Crippen LogP contribution in [0.15, 0.2) is 60.7 Å². The third-order valence-corrected chi connectivity index (χ3v) is 4.65. The molecule has 0 bridgehead atoms. The van der Waals surface area contributed by atoms with Crippen LogP contribution in [0.4, 0.5) is 0 Å². The lowest BCUT2D eigenvalue weighted by atomic mass is 10.0. The van der Waals surface area contributed by atoms with Gasteiger partial charge in [-0.05, 0) is 0 Å². The molecule has 0 saturated carbocycles. The van der Waals surface area contributed by atoms with E-state index in [1.54, 1.807) is 0 Å². The van der Waals surface area contributed by atoms with Gasteiger partial charge in [-0.15, -0.1) is 0 Å². The van der Waals surface area contributed by atoms with Crippen LogP contribution >= 0.6 is 0 Å². The molecule has 0 amide bonds. The summed E-state index contributed by atoms with van der Waals surface area (Å²) in [6.07, 6.45) is -4.55. The minimum atomic E-state index is -1.03. The molecule has 0 aliphatic carbocycles. The molecular formula is C20H22O6. The summed E-state index contributed by atoms with van der Waals surface area (Å²) in [5.41, 5.74) is 1.72. The molecule has 2 fully saturated rings. The smallest absolute Gasteiger partial charge is 0.184 e. The minimum Gasteiger partial charge on any atom is -0.388 e. The minimum absolute atomic E-state index is 0.0803. The van der Waals surface area contributed by atoms with Crippen LogP contribution in [0.3, 0.4) is 0 Å². The van der Waals surface area contributed by atoms with Crippen molar-refractivity contribution in [3.63, 3.8) is 0 Å². The van der Waals surface area contributed by atoms with E-state index >= 15 is 0 Å². The number of aliphatic hydroxyl groups excluding tert-OH is 2. The van der Waals surface area contributed by atoms with Gasteiger partial charge in [0.25, 0.3) is 0 Å². The Bertz CT molecular complexity index is 694. The van der Waals surface area contributed by atoms with Crippen molar-refractivity contribution < 1.29 is 29.2 Å². The van der Waals surface area contributed by atoms with Gasteiger partial charge in [-0.2, -0.15) is 0 Å². The van der Waals surface area contributed by atoms with E-state index in [1.165, 1.54) is 0 Å². The van der Waals surface area contributed by atoms with Crippen LogP contribution in [0.2, 0.25) is 0 Å². The zero-order valence-electron chi connectivity index (χ0n) is 14.2. The van der Waals surface area contributed by atoms with Gasteiger partial charge in [0.05, 0.1) is 13.2 Å². The number of hydrogen-bond acceptors (Lipinski definition) is 6. The van der Waals surface area contributed by atoms with Crippen LogP contribution in [0.25, 0.3) is 0 Å². The van der Waals surface area contributed by atoms with Crippen LogP contribution in [0.5, 0.6) is 0 Å². The van der Waals surface area contributed by atoms with Gasteiger partial charge < -0.3 is 29.2 Å². The van der Waals surface area contributed by atoms with E-state index in [9.17, 15) is 10.2 Å². The van der Waals surface area contributed by atoms with Gasteiger partial charge >= 0.3 is 0 Å². The molecule has 6 heteroatoms. The van der Waals surface area contributed by atoms with Crippen LogP contribution in [0, 0.1) is 0 Å². The largest absolute Gasteiger partial charge is 0.388 e. The molecule has 138 valence electrons. The Balaban J connectivity index is 1.42. The summed E-state index contributed by atoms with van der Waals surface area (Å²) < 4.78 is 22.9. The molecule has 2 N–H and O–H groups in total. The van der Waals surface area contributed by atoms with Crippen LogP contribution < -0.4 is 0 Å². The molecule has 2 unspecified atom stereocenters. The summed E-state index contributed by atoms with van der Waals surface area (Å²) in [5.74, 6) is 0. The molecule has 0 aromatic heterocycles. The highest BCUT2D eigenvalue weighted by atomic mass is 16.7. The predicted molar refractivity (Wildman–Crippen MR) is 92.0 cm³/mol. The van der Waals surface area contributed by atoms with Gasteiger partial charge in [0.1, 0.15) is 24.4 Å². The molecule has 2 aliphatic rings.